The van der Waals surface area contributed by atoms with Crippen LogP contribution in [-0.4, -0.2) is 14.2 Å². The molecule has 2 nitrogen and oxygen atoms in total. The molecule has 1 aromatic heterocycles. The van der Waals surface area contributed by atoms with E-state index < -0.39 is 10.7 Å². The summed E-state index contributed by atoms with van der Waals surface area (Å²) in [6, 6.07) is 2.21. The number of thiol groups is 1. The van der Waals surface area contributed by atoms with E-state index in [2.05, 4.69) is 19.9 Å². The Labute approximate surface area is 90.9 Å². The van der Waals surface area contributed by atoms with Crippen LogP contribution in [0.25, 0.3) is 0 Å². The van der Waals surface area contributed by atoms with Gasteiger partial charge in [-0.3, -0.25) is 0 Å². The van der Waals surface area contributed by atoms with Crippen LogP contribution in [0, 0.1) is 13.8 Å². The summed E-state index contributed by atoms with van der Waals surface area (Å²) in [5, 5.41) is 0. The average molecular weight is 232 g/mol. The fourth-order valence-corrected chi connectivity index (χ4v) is 2.95. The Kier molecular flexibility index (Phi) is 4.62. The highest BCUT2D eigenvalue weighted by Gasteiger charge is 2.02. The van der Waals surface area contributed by atoms with Crippen molar-refractivity contribution >= 4 is 22.0 Å². The predicted molar refractivity (Wildman–Crippen MR) is 61.9 cm³/mol. The SMILES string of the molecule is Cc1cc(CCCC[SH](=O)=O)c(C)s1. The highest BCUT2D eigenvalue weighted by Crippen LogP contribution is 2.21. The third-order valence-electron chi connectivity index (χ3n) is 2.18. The minimum Gasteiger partial charge on any atom is -0.232 e. The standard InChI is InChI=1S/C10H16O2S2/c1-8-7-10(9(2)13-8)5-3-4-6-14(11)12/h7,14H,3-6H2,1-2H3. The molecule has 1 rings (SSSR count). The van der Waals surface area contributed by atoms with Crippen molar-refractivity contribution in [2.75, 3.05) is 5.75 Å². The zero-order valence-electron chi connectivity index (χ0n) is 8.58. The van der Waals surface area contributed by atoms with Crippen molar-refractivity contribution in [3.05, 3.63) is 21.4 Å². The maximum Gasteiger partial charge on any atom is 0.140 e. The quantitative estimate of drug-likeness (QED) is 0.624. The van der Waals surface area contributed by atoms with Crippen molar-refractivity contribution in [2.45, 2.75) is 33.1 Å². The van der Waals surface area contributed by atoms with Crippen LogP contribution in [0.3, 0.4) is 0 Å². The predicted octanol–water partition coefficient (Wildman–Crippen LogP) is 2.30. The van der Waals surface area contributed by atoms with Crippen LogP contribution >= 0.6 is 11.3 Å². The van der Waals surface area contributed by atoms with Gasteiger partial charge in [0.15, 0.2) is 0 Å². The number of hydrogen-bond donors (Lipinski definition) is 1. The molecule has 0 radical (unpaired) electrons. The number of aryl methyl sites for hydroxylation is 3. The molecule has 0 N–H and O–H groups in total. The van der Waals surface area contributed by atoms with Crippen LogP contribution in [-0.2, 0) is 17.1 Å². The zero-order valence-corrected chi connectivity index (χ0v) is 10.3. The number of unbranched alkanes of at least 4 members (excludes halogenated alkanes) is 1. The Morgan fingerprint density at radius 2 is 2.00 bits per heavy atom. The molecule has 0 aliphatic carbocycles. The topological polar surface area (TPSA) is 34.1 Å². The second-order valence-corrected chi connectivity index (χ2v) is 6.03. The molecule has 0 fully saturated rings. The van der Waals surface area contributed by atoms with Gasteiger partial charge in [0.2, 0.25) is 0 Å². The van der Waals surface area contributed by atoms with Gasteiger partial charge in [-0.1, -0.05) is 0 Å². The molecule has 0 aromatic carbocycles. The monoisotopic (exact) mass is 232 g/mol. The molecule has 0 aliphatic rings. The van der Waals surface area contributed by atoms with Crippen LogP contribution < -0.4 is 0 Å². The molecule has 0 saturated carbocycles. The molecule has 0 unspecified atom stereocenters. The van der Waals surface area contributed by atoms with Crippen molar-refractivity contribution in [1.29, 1.82) is 0 Å². The Bertz CT molecular complexity index is 356. The lowest BCUT2D eigenvalue weighted by Gasteiger charge is -1.97. The molecule has 0 atom stereocenters. The third-order valence-corrected chi connectivity index (χ3v) is 3.87. The van der Waals surface area contributed by atoms with E-state index in [0.29, 0.717) is 5.75 Å². The van der Waals surface area contributed by atoms with E-state index in [1.807, 2.05) is 11.3 Å². The summed E-state index contributed by atoms with van der Waals surface area (Å²) in [6.45, 7) is 4.23. The van der Waals surface area contributed by atoms with Crippen LogP contribution in [0.5, 0.6) is 0 Å². The molecule has 1 heterocycles. The molecule has 0 saturated heterocycles. The van der Waals surface area contributed by atoms with Crippen LogP contribution in [0.2, 0.25) is 0 Å². The second-order valence-electron chi connectivity index (χ2n) is 3.45. The molecule has 0 bridgehead atoms. The maximum atomic E-state index is 10.3. The van der Waals surface area contributed by atoms with Crippen molar-refractivity contribution in [2.24, 2.45) is 0 Å². The summed E-state index contributed by atoms with van der Waals surface area (Å²) in [5.74, 6) is 0.331. The molecule has 80 valence electrons. The van der Waals surface area contributed by atoms with Gasteiger partial charge in [0.05, 0.1) is 0 Å². The minimum atomic E-state index is -2.18. The summed E-state index contributed by atoms with van der Waals surface area (Å²) in [7, 11) is -2.18. The number of thiophene rings is 1. The van der Waals surface area contributed by atoms with Gasteiger partial charge in [-0.15, -0.1) is 11.3 Å². The lowest BCUT2D eigenvalue weighted by Crippen LogP contribution is -1.90. The summed E-state index contributed by atoms with van der Waals surface area (Å²) in [6.07, 6.45) is 2.77. The molecule has 0 amide bonds. The van der Waals surface area contributed by atoms with E-state index in [1.165, 1.54) is 15.3 Å². The second kappa shape index (κ2) is 5.51. The Balaban J connectivity index is 2.34. The Morgan fingerprint density at radius 3 is 2.50 bits per heavy atom. The van der Waals surface area contributed by atoms with E-state index >= 15 is 0 Å². The molecule has 0 spiro atoms. The van der Waals surface area contributed by atoms with Gasteiger partial charge in [0.25, 0.3) is 0 Å². The maximum absolute atomic E-state index is 10.3. The highest BCUT2D eigenvalue weighted by atomic mass is 32.2. The minimum absolute atomic E-state index is 0.331. The van der Waals surface area contributed by atoms with Crippen molar-refractivity contribution in [3.63, 3.8) is 0 Å². The first-order valence-electron chi connectivity index (χ1n) is 4.77. The smallest absolute Gasteiger partial charge is 0.140 e. The Morgan fingerprint density at radius 1 is 1.29 bits per heavy atom. The largest absolute Gasteiger partial charge is 0.232 e. The first-order valence-corrected chi connectivity index (χ1v) is 6.95. The molecule has 4 heteroatoms. The third kappa shape index (κ3) is 3.80. The van der Waals surface area contributed by atoms with Crippen LogP contribution in [0.15, 0.2) is 6.07 Å². The number of rotatable bonds is 5. The molecule has 14 heavy (non-hydrogen) atoms. The van der Waals surface area contributed by atoms with Crippen molar-refractivity contribution < 1.29 is 8.42 Å². The molecular formula is C10H16O2S2. The van der Waals surface area contributed by atoms with Gasteiger partial charge < -0.3 is 0 Å². The van der Waals surface area contributed by atoms with Crippen LogP contribution in [0.4, 0.5) is 0 Å². The lowest BCUT2D eigenvalue weighted by molar-refractivity contribution is 0.610. The fraction of sp³-hybridized carbons (Fsp3) is 0.600. The van der Waals surface area contributed by atoms with Crippen LogP contribution in [0.1, 0.15) is 28.2 Å². The molecule has 1 aromatic rings. The van der Waals surface area contributed by atoms with Gasteiger partial charge in [-0.25, -0.2) is 8.42 Å². The Hall–Kier alpha value is -0.350. The van der Waals surface area contributed by atoms with Crippen molar-refractivity contribution in [3.8, 4) is 0 Å². The molecule has 0 aliphatic heterocycles. The number of hydrogen-bond acceptors (Lipinski definition) is 3. The first-order chi connectivity index (χ1) is 6.59. The van der Waals surface area contributed by atoms with Crippen molar-refractivity contribution in [1.82, 2.24) is 0 Å². The summed E-state index contributed by atoms with van der Waals surface area (Å²) < 4.78 is 20.6. The van der Waals surface area contributed by atoms with E-state index in [4.69, 9.17) is 0 Å². The van der Waals surface area contributed by atoms with Gasteiger partial charge in [0, 0.05) is 15.5 Å². The van der Waals surface area contributed by atoms with Gasteiger partial charge in [-0.05, 0) is 44.7 Å². The van der Waals surface area contributed by atoms with Gasteiger partial charge >= 0.3 is 0 Å². The normalized spacial score (nSPS) is 11.1. The molecular weight excluding hydrogens is 216 g/mol. The first kappa shape index (κ1) is 11.7. The highest BCUT2D eigenvalue weighted by molar-refractivity contribution is 7.72. The lowest BCUT2D eigenvalue weighted by atomic mass is 10.1. The van der Waals surface area contributed by atoms with E-state index in [-0.39, 0.29) is 0 Å². The fourth-order valence-electron chi connectivity index (χ4n) is 1.49. The zero-order chi connectivity index (χ0) is 10.6. The average Bonchev–Trinajstić information content (AvgIpc) is 2.39. The van der Waals surface area contributed by atoms with E-state index in [0.717, 1.165) is 19.3 Å². The summed E-state index contributed by atoms with van der Waals surface area (Å²) in [4.78, 5) is 2.71. The van der Waals surface area contributed by atoms with Gasteiger partial charge in [0.1, 0.15) is 10.7 Å². The van der Waals surface area contributed by atoms with E-state index in [1.54, 1.807) is 0 Å². The summed E-state index contributed by atoms with van der Waals surface area (Å²) >= 11 is 1.81. The van der Waals surface area contributed by atoms with Gasteiger partial charge in [-0.2, -0.15) is 0 Å². The summed E-state index contributed by atoms with van der Waals surface area (Å²) in [5.41, 5.74) is 1.38. The van der Waals surface area contributed by atoms with E-state index in [9.17, 15) is 8.42 Å².